The molecule has 6 heteroatoms. The Morgan fingerprint density at radius 2 is 2.24 bits per heavy atom. The highest BCUT2D eigenvalue weighted by Crippen LogP contribution is 2.26. The third-order valence-corrected chi connectivity index (χ3v) is 4.70. The molecule has 1 amide bonds. The Bertz CT molecular complexity index is 430. The molecule has 0 aromatic carbocycles. The molecule has 2 heterocycles. The van der Waals surface area contributed by atoms with Crippen molar-refractivity contribution in [3.63, 3.8) is 0 Å². The van der Waals surface area contributed by atoms with Crippen LogP contribution in [0.5, 0.6) is 0 Å². The van der Waals surface area contributed by atoms with Gasteiger partial charge in [-0.3, -0.25) is 9.69 Å². The van der Waals surface area contributed by atoms with Gasteiger partial charge in [-0.25, -0.2) is 0 Å². The van der Waals surface area contributed by atoms with E-state index in [9.17, 15) is 4.79 Å². The second-order valence-corrected chi connectivity index (χ2v) is 6.61. The zero-order valence-corrected chi connectivity index (χ0v) is 13.6. The molecule has 2 N–H and O–H groups in total. The van der Waals surface area contributed by atoms with E-state index >= 15 is 0 Å². The molecule has 1 aromatic rings. The third kappa shape index (κ3) is 4.78. The van der Waals surface area contributed by atoms with E-state index in [1.54, 1.807) is 11.3 Å². The van der Waals surface area contributed by atoms with E-state index in [1.165, 1.54) is 4.88 Å². The molecular weight excluding hydrogens is 286 g/mol. The first kappa shape index (κ1) is 16.4. The van der Waals surface area contributed by atoms with Gasteiger partial charge >= 0.3 is 0 Å². The molecule has 1 aliphatic rings. The maximum atomic E-state index is 12.1. The number of hydrogen-bond donors (Lipinski definition) is 1. The lowest BCUT2D eigenvalue weighted by Gasteiger charge is -2.36. The number of carbonyl (C=O) groups is 1. The molecule has 118 valence electrons. The summed E-state index contributed by atoms with van der Waals surface area (Å²) in [6.07, 6.45) is 0.400. The smallest absolute Gasteiger partial charge is 0.223 e. The number of amides is 1. The van der Waals surface area contributed by atoms with Crippen LogP contribution in [-0.2, 0) is 9.53 Å². The van der Waals surface area contributed by atoms with Crippen molar-refractivity contribution in [3.05, 3.63) is 22.4 Å². The zero-order chi connectivity index (χ0) is 15.2. The number of rotatable bonds is 6. The summed E-state index contributed by atoms with van der Waals surface area (Å²) < 4.78 is 5.44. The van der Waals surface area contributed by atoms with E-state index in [4.69, 9.17) is 10.5 Å². The summed E-state index contributed by atoms with van der Waals surface area (Å²) in [6, 6.07) is 4.37. The molecule has 0 radical (unpaired) electrons. The van der Waals surface area contributed by atoms with Crippen LogP contribution in [0.25, 0.3) is 0 Å². The first-order valence-corrected chi connectivity index (χ1v) is 8.30. The highest BCUT2D eigenvalue weighted by Gasteiger charge is 2.26. The van der Waals surface area contributed by atoms with Gasteiger partial charge in [0.25, 0.3) is 0 Å². The van der Waals surface area contributed by atoms with Crippen molar-refractivity contribution in [2.75, 3.05) is 39.9 Å². The second-order valence-electron chi connectivity index (χ2n) is 5.64. The predicted molar refractivity (Wildman–Crippen MR) is 85.4 cm³/mol. The SMILES string of the molecule is CC(N)CC(=O)N(C)CC(c1cccs1)N1CCOCC1. The lowest BCUT2D eigenvalue weighted by atomic mass is 10.1. The molecule has 5 nitrogen and oxygen atoms in total. The Balaban J connectivity index is 2.03. The summed E-state index contributed by atoms with van der Waals surface area (Å²) in [6.45, 7) is 5.92. The van der Waals surface area contributed by atoms with E-state index < -0.39 is 0 Å². The van der Waals surface area contributed by atoms with Gasteiger partial charge in [0.15, 0.2) is 0 Å². The van der Waals surface area contributed by atoms with Crippen molar-refractivity contribution in [1.82, 2.24) is 9.80 Å². The molecule has 1 aromatic heterocycles. The average Bonchev–Trinajstić information content (AvgIpc) is 2.98. The molecule has 2 atom stereocenters. The van der Waals surface area contributed by atoms with Crippen molar-refractivity contribution >= 4 is 17.2 Å². The molecule has 1 fully saturated rings. The molecule has 0 bridgehead atoms. The zero-order valence-electron chi connectivity index (χ0n) is 12.8. The number of ether oxygens (including phenoxy) is 1. The number of nitrogens with two attached hydrogens (primary N) is 1. The summed E-state index contributed by atoms with van der Waals surface area (Å²) >= 11 is 1.75. The van der Waals surface area contributed by atoms with Crippen molar-refractivity contribution in [2.45, 2.75) is 25.4 Å². The summed E-state index contributed by atoms with van der Waals surface area (Å²) in [5.41, 5.74) is 5.73. The van der Waals surface area contributed by atoms with Gasteiger partial charge in [-0.05, 0) is 18.4 Å². The topological polar surface area (TPSA) is 58.8 Å². The maximum Gasteiger partial charge on any atom is 0.223 e. The van der Waals surface area contributed by atoms with Crippen LogP contribution in [-0.4, -0.2) is 61.6 Å². The summed E-state index contributed by atoms with van der Waals surface area (Å²) in [4.78, 5) is 17.7. The number of carbonyl (C=O) groups excluding carboxylic acids is 1. The fourth-order valence-electron chi connectivity index (χ4n) is 2.55. The van der Waals surface area contributed by atoms with Gasteiger partial charge in [0.05, 0.1) is 19.3 Å². The molecule has 0 saturated carbocycles. The number of nitrogens with zero attached hydrogens (tertiary/aromatic N) is 2. The molecule has 1 aliphatic heterocycles. The van der Waals surface area contributed by atoms with Crippen LogP contribution in [0.2, 0.25) is 0 Å². The average molecular weight is 311 g/mol. The van der Waals surface area contributed by atoms with Gasteiger partial charge in [-0.1, -0.05) is 6.07 Å². The molecule has 2 unspecified atom stereocenters. The third-order valence-electron chi connectivity index (χ3n) is 3.73. The number of likely N-dealkylation sites (N-methyl/N-ethyl adjacent to an activating group) is 1. The number of morpholine rings is 1. The standard InChI is InChI=1S/C15H25N3O2S/c1-12(16)10-15(19)17(2)11-13(14-4-3-9-21-14)18-5-7-20-8-6-18/h3-4,9,12-13H,5-8,10-11,16H2,1-2H3. The highest BCUT2D eigenvalue weighted by atomic mass is 32.1. The lowest BCUT2D eigenvalue weighted by Crippen LogP contribution is -2.44. The van der Waals surface area contributed by atoms with E-state index in [1.807, 2.05) is 18.9 Å². The maximum absolute atomic E-state index is 12.1. The van der Waals surface area contributed by atoms with Crippen LogP contribution in [0.1, 0.15) is 24.3 Å². The molecule has 21 heavy (non-hydrogen) atoms. The van der Waals surface area contributed by atoms with E-state index in [0.29, 0.717) is 13.0 Å². The number of thiophene rings is 1. The minimum absolute atomic E-state index is 0.0940. The fourth-order valence-corrected chi connectivity index (χ4v) is 3.40. The van der Waals surface area contributed by atoms with Crippen LogP contribution in [0.15, 0.2) is 17.5 Å². The Labute approximate surface area is 130 Å². The largest absolute Gasteiger partial charge is 0.379 e. The second kappa shape index (κ2) is 7.89. The highest BCUT2D eigenvalue weighted by molar-refractivity contribution is 7.10. The van der Waals surface area contributed by atoms with Crippen molar-refractivity contribution in [2.24, 2.45) is 5.73 Å². The molecule has 1 saturated heterocycles. The number of hydrogen-bond acceptors (Lipinski definition) is 5. The van der Waals surface area contributed by atoms with Crippen LogP contribution in [0.3, 0.4) is 0 Å². The Morgan fingerprint density at radius 3 is 2.81 bits per heavy atom. The van der Waals surface area contributed by atoms with Gasteiger partial charge in [-0.2, -0.15) is 0 Å². The van der Waals surface area contributed by atoms with E-state index in [2.05, 4.69) is 22.4 Å². The Hall–Kier alpha value is -0.950. The van der Waals surface area contributed by atoms with Crippen molar-refractivity contribution in [3.8, 4) is 0 Å². The van der Waals surface area contributed by atoms with Gasteiger partial charge in [0.2, 0.25) is 5.91 Å². The van der Waals surface area contributed by atoms with Gasteiger partial charge in [0, 0.05) is 44.0 Å². The Kier molecular flexibility index (Phi) is 6.17. The van der Waals surface area contributed by atoms with Crippen LogP contribution in [0.4, 0.5) is 0 Å². The van der Waals surface area contributed by atoms with Crippen molar-refractivity contribution in [1.29, 1.82) is 0 Å². The summed E-state index contributed by atoms with van der Waals surface area (Å²) in [5, 5.41) is 2.09. The van der Waals surface area contributed by atoms with Crippen LogP contribution < -0.4 is 5.73 Å². The molecule has 0 aliphatic carbocycles. The molecular formula is C15H25N3O2S. The van der Waals surface area contributed by atoms with Gasteiger partial charge < -0.3 is 15.4 Å². The van der Waals surface area contributed by atoms with Crippen molar-refractivity contribution < 1.29 is 9.53 Å². The van der Waals surface area contributed by atoms with Gasteiger partial charge in [0.1, 0.15) is 0 Å². The minimum atomic E-state index is -0.0940. The van der Waals surface area contributed by atoms with Crippen LogP contribution >= 0.6 is 11.3 Å². The molecule has 2 rings (SSSR count). The summed E-state index contributed by atoms with van der Waals surface area (Å²) in [7, 11) is 1.87. The monoisotopic (exact) mass is 311 g/mol. The lowest BCUT2D eigenvalue weighted by molar-refractivity contribution is -0.131. The normalized spacial score (nSPS) is 19.2. The van der Waals surface area contributed by atoms with E-state index in [-0.39, 0.29) is 18.0 Å². The molecule has 0 spiro atoms. The first-order chi connectivity index (χ1) is 10.1. The fraction of sp³-hybridized carbons (Fsp3) is 0.667. The quantitative estimate of drug-likeness (QED) is 0.861. The predicted octanol–water partition coefficient (Wildman–Crippen LogP) is 1.32. The van der Waals surface area contributed by atoms with Crippen LogP contribution in [0, 0.1) is 0 Å². The Morgan fingerprint density at radius 1 is 1.52 bits per heavy atom. The summed E-state index contributed by atoms with van der Waals surface area (Å²) in [5.74, 6) is 0.111. The first-order valence-electron chi connectivity index (χ1n) is 7.42. The van der Waals surface area contributed by atoms with Gasteiger partial charge in [-0.15, -0.1) is 11.3 Å². The minimum Gasteiger partial charge on any atom is -0.379 e. The van der Waals surface area contributed by atoms with E-state index in [0.717, 1.165) is 26.3 Å².